The quantitative estimate of drug-likeness (QED) is 0.671. The summed E-state index contributed by atoms with van der Waals surface area (Å²) in [4.78, 5) is 26.6. The Kier molecular flexibility index (Phi) is 7.12. The predicted molar refractivity (Wildman–Crippen MR) is 111 cm³/mol. The summed E-state index contributed by atoms with van der Waals surface area (Å²) in [7, 11) is 0. The molecule has 1 saturated heterocycles. The van der Waals surface area contributed by atoms with Gasteiger partial charge < -0.3 is 21.1 Å². The summed E-state index contributed by atoms with van der Waals surface area (Å²) in [5.74, 6) is -0.531. The van der Waals surface area contributed by atoms with Gasteiger partial charge in [0.05, 0.1) is 11.5 Å². The third-order valence-corrected chi connectivity index (χ3v) is 6.23. The number of carbonyl (C=O) groups excluding carboxylic acids is 2. The Balaban J connectivity index is 2.09. The lowest BCUT2D eigenvalue weighted by atomic mass is 9.66. The Morgan fingerprint density at radius 3 is 2.43 bits per heavy atom. The van der Waals surface area contributed by atoms with Crippen molar-refractivity contribution in [2.24, 2.45) is 17.1 Å². The average molecular weight is 410 g/mol. The highest BCUT2D eigenvalue weighted by molar-refractivity contribution is 6.30. The molecule has 0 aromatic heterocycles. The third-order valence-electron chi connectivity index (χ3n) is 5.98. The van der Waals surface area contributed by atoms with E-state index in [9.17, 15) is 14.7 Å². The summed E-state index contributed by atoms with van der Waals surface area (Å²) in [6, 6.07) is 6.96. The minimum absolute atomic E-state index is 0.0215. The first-order chi connectivity index (χ1) is 13.0. The number of amides is 2. The Hall–Kier alpha value is -1.63. The Labute approximate surface area is 172 Å². The smallest absolute Gasteiger partial charge is 0.227 e. The summed E-state index contributed by atoms with van der Waals surface area (Å²) in [6.07, 6.45) is 0.685. The molecule has 0 spiro atoms. The summed E-state index contributed by atoms with van der Waals surface area (Å²) in [5.41, 5.74) is 4.63. The van der Waals surface area contributed by atoms with Crippen molar-refractivity contribution in [3.05, 3.63) is 34.9 Å². The van der Waals surface area contributed by atoms with Gasteiger partial charge in [0.15, 0.2) is 0 Å². The maximum Gasteiger partial charge on any atom is 0.227 e. The molecule has 2 rings (SSSR count). The lowest BCUT2D eigenvalue weighted by Crippen LogP contribution is -2.58. The monoisotopic (exact) mass is 409 g/mol. The van der Waals surface area contributed by atoms with Gasteiger partial charge in [-0.3, -0.25) is 9.59 Å². The molecule has 1 aromatic rings. The number of nitrogens with zero attached hydrogens (tertiary/aromatic N) is 1. The van der Waals surface area contributed by atoms with Crippen LogP contribution in [0.4, 0.5) is 0 Å². The highest BCUT2D eigenvalue weighted by Gasteiger charge is 2.50. The van der Waals surface area contributed by atoms with Crippen LogP contribution in [0.15, 0.2) is 24.3 Å². The van der Waals surface area contributed by atoms with Gasteiger partial charge >= 0.3 is 0 Å². The molecule has 7 heteroatoms. The highest BCUT2D eigenvalue weighted by atomic mass is 35.5. The summed E-state index contributed by atoms with van der Waals surface area (Å²) in [6.45, 7) is 8.76. The van der Waals surface area contributed by atoms with Crippen molar-refractivity contribution in [1.82, 2.24) is 10.2 Å². The largest absolute Gasteiger partial charge is 0.384 e. The van der Waals surface area contributed by atoms with E-state index in [2.05, 4.69) is 5.32 Å². The summed E-state index contributed by atoms with van der Waals surface area (Å²) in [5, 5.41) is 14.9. The Bertz CT molecular complexity index is 707. The second kappa shape index (κ2) is 8.80. The van der Waals surface area contributed by atoms with Crippen molar-refractivity contribution in [2.75, 3.05) is 19.6 Å². The van der Waals surface area contributed by atoms with Crippen molar-refractivity contribution >= 4 is 23.4 Å². The van der Waals surface area contributed by atoms with Crippen LogP contribution in [0.1, 0.15) is 46.1 Å². The second-order valence-corrected chi connectivity index (χ2v) is 8.88. The normalized spacial score (nSPS) is 23.8. The van der Waals surface area contributed by atoms with E-state index in [4.69, 9.17) is 17.3 Å². The molecule has 6 nitrogen and oxygen atoms in total. The fourth-order valence-electron chi connectivity index (χ4n) is 3.85. The number of piperidine rings is 1. The van der Waals surface area contributed by atoms with Gasteiger partial charge in [-0.25, -0.2) is 0 Å². The third kappa shape index (κ3) is 4.67. The zero-order valence-electron chi connectivity index (χ0n) is 17.2. The molecule has 28 heavy (non-hydrogen) atoms. The van der Waals surface area contributed by atoms with E-state index in [1.165, 1.54) is 0 Å². The fourth-order valence-corrected chi connectivity index (χ4v) is 3.98. The molecule has 0 radical (unpaired) electrons. The van der Waals surface area contributed by atoms with Crippen LogP contribution in [0.2, 0.25) is 5.02 Å². The molecule has 0 bridgehead atoms. The van der Waals surface area contributed by atoms with Crippen molar-refractivity contribution in [3.8, 4) is 0 Å². The molecule has 1 aliphatic heterocycles. The van der Waals surface area contributed by atoms with E-state index in [0.717, 1.165) is 5.56 Å². The zero-order valence-corrected chi connectivity index (χ0v) is 17.9. The van der Waals surface area contributed by atoms with Crippen LogP contribution in [-0.4, -0.2) is 47.5 Å². The minimum atomic E-state index is -1.04. The summed E-state index contributed by atoms with van der Waals surface area (Å²) < 4.78 is 0. The van der Waals surface area contributed by atoms with E-state index in [-0.39, 0.29) is 36.7 Å². The molecule has 3 atom stereocenters. The zero-order chi connectivity index (χ0) is 21.1. The maximum absolute atomic E-state index is 13.0. The Morgan fingerprint density at radius 1 is 1.29 bits per heavy atom. The minimum Gasteiger partial charge on any atom is -0.384 e. The number of nitrogens with one attached hydrogen (secondary N) is 1. The molecule has 1 aliphatic rings. The number of hydrogen-bond donors (Lipinski definition) is 3. The van der Waals surface area contributed by atoms with Gasteiger partial charge in [0.25, 0.3) is 0 Å². The first-order valence-electron chi connectivity index (χ1n) is 9.78. The van der Waals surface area contributed by atoms with E-state index >= 15 is 0 Å². The standard InChI is InChI=1S/C21H32ClN3O3/c1-14(15(2)24-18(26)9-11-23)19(27)25-12-10-21(28,20(3,4)13-25)16-5-7-17(22)8-6-16/h5-8,14-15,28H,9-13,23H2,1-4H3,(H,24,26)/t14-,15?,21+/m1/s1. The van der Waals surface area contributed by atoms with Gasteiger partial charge in [-0.15, -0.1) is 0 Å². The lowest BCUT2D eigenvalue weighted by molar-refractivity contribution is -0.156. The number of benzene rings is 1. The second-order valence-electron chi connectivity index (χ2n) is 8.44. The van der Waals surface area contributed by atoms with Gasteiger partial charge in [-0.05, 0) is 31.0 Å². The van der Waals surface area contributed by atoms with E-state index in [1.54, 1.807) is 17.0 Å². The van der Waals surface area contributed by atoms with E-state index < -0.39 is 11.0 Å². The molecule has 2 amide bonds. The van der Waals surface area contributed by atoms with E-state index in [0.29, 0.717) is 24.5 Å². The van der Waals surface area contributed by atoms with Crippen LogP contribution < -0.4 is 11.1 Å². The van der Waals surface area contributed by atoms with Crippen LogP contribution in [0.5, 0.6) is 0 Å². The first-order valence-corrected chi connectivity index (χ1v) is 10.2. The number of aliphatic hydroxyl groups is 1. The SMILES string of the molecule is CC(NC(=O)CCN)[C@@H](C)C(=O)N1CC[C@](O)(c2ccc(Cl)cc2)C(C)(C)C1. The van der Waals surface area contributed by atoms with Crippen LogP contribution in [0.3, 0.4) is 0 Å². The van der Waals surface area contributed by atoms with Crippen molar-refractivity contribution in [2.45, 2.75) is 52.2 Å². The topological polar surface area (TPSA) is 95.7 Å². The van der Waals surface area contributed by atoms with Crippen molar-refractivity contribution < 1.29 is 14.7 Å². The fraction of sp³-hybridized carbons (Fsp3) is 0.619. The molecule has 1 aromatic carbocycles. The molecule has 1 unspecified atom stereocenters. The molecule has 1 heterocycles. The van der Waals surface area contributed by atoms with Gasteiger partial charge in [0.1, 0.15) is 0 Å². The van der Waals surface area contributed by atoms with Crippen LogP contribution in [0, 0.1) is 11.3 Å². The molecule has 1 fully saturated rings. The molecule has 4 N–H and O–H groups in total. The number of hydrogen-bond acceptors (Lipinski definition) is 4. The maximum atomic E-state index is 13.0. The van der Waals surface area contributed by atoms with E-state index in [1.807, 2.05) is 39.8 Å². The van der Waals surface area contributed by atoms with Gasteiger partial charge in [0, 0.05) is 42.5 Å². The van der Waals surface area contributed by atoms with Gasteiger partial charge in [-0.2, -0.15) is 0 Å². The van der Waals surface area contributed by atoms with Gasteiger partial charge in [0.2, 0.25) is 11.8 Å². The van der Waals surface area contributed by atoms with Gasteiger partial charge in [-0.1, -0.05) is 44.5 Å². The number of halogens is 1. The lowest BCUT2D eigenvalue weighted by Gasteiger charge is -2.51. The predicted octanol–water partition coefficient (Wildman–Crippen LogP) is 2.28. The molecule has 156 valence electrons. The van der Waals surface area contributed by atoms with Crippen molar-refractivity contribution in [1.29, 1.82) is 0 Å². The molecule has 0 aliphatic carbocycles. The number of carbonyl (C=O) groups is 2. The average Bonchev–Trinajstić information content (AvgIpc) is 2.63. The van der Waals surface area contributed by atoms with Crippen LogP contribution in [-0.2, 0) is 15.2 Å². The molecular weight excluding hydrogens is 378 g/mol. The molecular formula is C21H32ClN3O3. The highest BCUT2D eigenvalue weighted by Crippen LogP contribution is 2.46. The number of likely N-dealkylation sites (tertiary alicyclic amines) is 1. The summed E-state index contributed by atoms with van der Waals surface area (Å²) >= 11 is 5.98. The van der Waals surface area contributed by atoms with Crippen LogP contribution in [0.25, 0.3) is 0 Å². The van der Waals surface area contributed by atoms with Crippen molar-refractivity contribution in [3.63, 3.8) is 0 Å². The number of nitrogens with two attached hydrogens (primary N) is 1. The number of rotatable bonds is 6. The molecule has 0 saturated carbocycles. The Morgan fingerprint density at radius 2 is 1.89 bits per heavy atom. The first kappa shape index (κ1) is 22.7. The van der Waals surface area contributed by atoms with Crippen LogP contribution >= 0.6 is 11.6 Å².